The van der Waals surface area contributed by atoms with E-state index in [2.05, 4.69) is 20.6 Å². The fourth-order valence-electron chi connectivity index (χ4n) is 4.08. The molecule has 2 aromatic carbocycles. The van der Waals surface area contributed by atoms with Crippen LogP contribution in [0.15, 0.2) is 71.0 Å². The number of amidine groups is 1. The first-order valence-electron chi connectivity index (χ1n) is 13.7. The quantitative estimate of drug-likeness (QED) is 0.0492. The Morgan fingerprint density at radius 1 is 1.10 bits per heavy atom. The molecule has 226 valence electrons. The SMILES string of the molecule is CC(C)(N)C(=O)N[C@H](COCc1ccccc1)C(N=NN)=[NH+]CCOC(=O)N1CCC(OC(=O)Cc2ccccc2)C1. The van der Waals surface area contributed by atoms with Crippen molar-refractivity contribution in [2.24, 2.45) is 21.9 Å². The largest absolute Gasteiger partial charge is 0.460 e. The van der Waals surface area contributed by atoms with Gasteiger partial charge in [0.15, 0.2) is 6.04 Å². The molecule has 0 saturated carbocycles. The second-order valence-corrected chi connectivity index (χ2v) is 10.4. The van der Waals surface area contributed by atoms with Crippen LogP contribution < -0.4 is 21.9 Å². The molecule has 2 atom stereocenters. The fraction of sp³-hybridized carbons (Fsp3) is 0.448. The summed E-state index contributed by atoms with van der Waals surface area (Å²) in [5.41, 5.74) is 6.63. The van der Waals surface area contributed by atoms with Gasteiger partial charge in [0.1, 0.15) is 19.3 Å². The summed E-state index contributed by atoms with van der Waals surface area (Å²) in [6.07, 6.45) is -0.205. The molecular weight excluding hydrogens is 542 g/mol. The highest BCUT2D eigenvalue weighted by molar-refractivity contribution is 5.91. The lowest BCUT2D eigenvalue weighted by Gasteiger charge is -2.21. The van der Waals surface area contributed by atoms with Gasteiger partial charge >= 0.3 is 17.9 Å². The number of hydrogen-bond donors (Lipinski definition) is 4. The highest BCUT2D eigenvalue weighted by Crippen LogP contribution is 2.15. The third-order valence-electron chi connectivity index (χ3n) is 6.31. The van der Waals surface area contributed by atoms with Gasteiger partial charge in [-0.3, -0.25) is 20.4 Å². The van der Waals surface area contributed by atoms with Gasteiger partial charge in [-0.05, 0) is 25.0 Å². The second kappa shape index (κ2) is 16.2. The van der Waals surface area contributed by atoms with Gasteiger partial charge in [0.25, 0.3) is 0 Å². The number of carbonyl (C=O) groups excluding carboxylic acids is 3. The van der Waals surface area contributed by atoms with Gasteiger partial charge in [0, 0.05) is 18.2 Å². The van der Waals surface area contributed by atoms with Crippen LogP contribution in [0, 0.1) is 0 Å². The number of esters is 1. The number of nitrogens with one attached hydrogen (secondary N) is 2. The smallest absolute Gasteiger partial charge is 0.410 e. The van der Waals surface area contributed by atoms with Crippen LogP contribution >= 0.6 is 0 Å². The Kier molecular flexibility index (Phi) is 12.4. The molecule has 2 amide bonds. The molecule has 1 saturated heterocycles. The molecule has 1 aliphatic heterocycles. The van der Waals surface area contributed by atoms with Gasteiger partial charge < -0.3 is 30.2 Å². The molecular formula is C29H40N7O6+. The van der Waals surface area contributed by atoms with E-state index in [0.717, 1.165) is 11.1 Å². The van der Waals surface area contributed by atoms with E-state index >= 15 is 0 Å². The van der Waals surface area contributed by atoms with Crippen molar-refractivity contribution >= 4 is 23.8 Å². The molecule has 0 radical (unpaired) electrons. The summed E-state index contributed by atoms with van der Waals surface area (Å²) in [4.78, 5) is 42.0. The third kappa shape index (κ3) is 10.9. The Bertz CT molecular complexity index is 1220. The van der Waals surface area contributed by atoms with Crippen molar-refractivity contribution in [3.63, 3.8) is 0 Å². The lowest BCUT2D eigenvalue weighted by Crippen LogP contribution is -2.78. The highest BCUT2D eigenvalue weighted by atomic mass is 16.6. The third-order valence-corrected chi connectivity index (χ3v) is 6.31. The molecule has 0 bridgehead atoms. The molecule has 1 heterocycles. The van der Waals surface area contributed by atoms with Crippen LogP contribution in [0.3, 0.4) is 0 Å². The van der Waals surface area contributed by atoms with E-state index in [-0.39, 0.29) is 50.6 Å². The van der Waals surface area contributed by atoms with Gasteiger partial charge in [-0.25, -0.2) is 4.79 Å². The monoisotopic (exact) mass is 582 g/mol. The van der Waals surface area contributed by atoms with E-state index < -0.39 is 23.6 Å². The molecule has 0 aromatic heterocycles. The number of likely N-dealkylation sites (tertiary alicyclic amines) is 1. The summed E-state index contributed by atoms with van der Waals surface area (Å²) < 4.78 is 16.7. The summed E-state index contributed by atoms with van der Waals surface area (Å²) in [6.45, 7) is 4.33. The summed E-state index contributed by atoms with van der Waals surface area (Å²) in [5, 5.41) is 10.1. The first-order chi connectivity index (χ1) is 20.2. The molecule has 42 heavy (non-hydrogen) atoms. The number of ether oxygens (including phenoxy) is 3. The van der Waals surface area contributed by atoms with Crippen LogP contribution in [-0.2, 0) is 36.8 Å². The van der Waals surface area contributed by atoms with Gasteiger partial charge in [-0.1, -0.05) is 60.7 Å². The Labute approximate surface area is 245 Å². The fourth-order valence-corrected chi connectivity index (χ4v) is 4.08. The van der Waals surface area contributed by atoms with Crippen LogP contribution in [0.2, 0.25) is 0 Å². The number of benzene rings is 2. The van der Waals surface area contributed by atoms with E-state index in [9.17, 15) is 14.4 Å². The minimum Gasteiger partial charge on any atom is -0.460 e. The molecule has 3 rings (SSSR count). The Morgan fingerprint density at radius 3 is 2.40 bits per heavy atom. The first kappa shape index (κ1) is 32.2. The number of nitrogens with two attached hydrogens (primary N) is 2. The van der Waals surface area contributed by atoms with Gasteiger partial charge in [0.05, 0.1) is 36.8 Å². The minimum atomic E-state index is -1.15. The lowest BCUT2D eigenvalue weighted by atomic mass is 10.1. The van der Waals surface area contributed by atoms with E-state index in [0.29, 0.717) is 19.6 Å². The average molecular weight is 583 g/mol. The molecule has 1 unspecified atom stereocenters. The maximum Gasteiger partial charge on any atom is 0.410 e. The molecule has 13 nitrogen and oxygen atoms in total. The van der Waals surface area contributed by atoms with Crippen LogP contribution in [0.25, 0.3) is 0 Å². The average Bonchev–Trinajstić information content (AvgIpc) is 3.43. The molecule has 0 spiro atoms. The second-order valence-electron chi connectivity index (χ2n) is 10.4. The zero-order valence-corrected chi connectivity index (χ0v) is 24.0. The number of hydrogen-bond acceptors (Lipinski definition) is 8. The van der Waals surface area contributed by atoms with Gasteiger partial charge in [-0.15, -0.1) is 0 Å². The lowest BCUT2D eigenvalue weighted by molar-refractivity contribution is -0.463. The predicted molar refractivity (Wildman–Crippen MR) is 154 cm³/mol. The maximum absolute atomic E-state index is 12.6. The Morgan fingerprint density at radius 2 is 1.76 bits per heavy atom. The van der Waals surface area contributed by atoms with Crippen LogP contribution in [0.1, 0.15) is 31.4 Å². The van der Waals surface area contributed by atoms with Crippen LogP contribution in [-0.4, -0.2) is 79.2 Å². The summed E-state index contributed by atoms with van der Waals surface area (Å²) in [7, 11) is 0. The molecule has 13 heteroatoms. The van der Waals surface area contributed by atoms with Crippen LogP contribution in [0.4, 0.5) is 4.79 Å². The van der Waals surface area contributed by atoms with E-state index in [1.165, 1.54) is 4.90 Å². The molecule has 0 aliphatic carbocycles. The standard InChI is InChI=1S/C29H39N7O6/c1-29(2,30)27(38)33-24(20-40-19-22-11-7-4-8-12-22)26(34-35-31)32-14-16-41-28(39)36-15-13-23(18-36)42-25(37)17-21-9-5-3-6-10-21/h3-12,23-24H,13-20,30H2,1-2H3,(H,33,38)(H2,31,32,34)/p+1/t23?,24-/m1/s1. The van der Waals surface area contributed by atoms with Crippen molar-refractivity contribution in [2.45, 2.75) is 51.0 Å². The molecule has 1 aliphatic rings. The molecule has 6 N–H and O–H groups in total. The van der Waals surface area contributed by atoms with Crippen molar-refractivity contribution in [1.29, 1.82) is 0 Å². The van der Waals surface area contributed by atoms with Crippen molar-refractivity contribution < 1.29 is 33.6 Å². The predicted octanol–water partition coefficient (Wildman–Crippen LogP) is 0.227. The van der Waals surface area contributed by atoms with Crippen molar-refractivity contribution in [3.05, 3.63) is 71.8 Å². The Hall–Kier alpha value is -4.36. The summed E-state index contributed by atoms with van der Waals surface area (Å²) in [6, 6.07) is 18.1. The summed E-state index contributed by atoms with van der Waals surface area (Å²) >= 11 is 0. The topological polar surface area (TPSA) is 185 Å². The molecule has 1 fully saturated rings. The van der Waals surface area contributed by atoms with E-state index in [1.54, 1.807) is 13.8 Å². The van der Waals surface area contributed by atoms with Gasteiger partial charge in [-0.2, -0.15) is 0 Å². The first-order valence-corrected chi connectivity index (χ1v) is 13.7. The van der Waals surface area contributed by atoms with E-state index in [1.807, 2.05) is 60.7 Å². The highest BCUT2D eigenvalue weighted by Gasteiger charge is 2.32. The number of rotatable bonds is 13. The number of nitrogens with zero attached hydrogens (tertiary/aromatic N) is 3. The Balaban J connectivity index is 1.50. The summed E-state index contributed by atoms with van der Waals surface area (Å²) in [5.74, 6) is 4.77. The number of carbonyl (C=O) groups is 3. The maximum atomic E-state index is 12.6. The van der Waals surface area contributed by atoms with Gasteiger partial charge in [0.2, 0.25) is 5.91 Å². The zero-order chi connectivity index (χ0) is 30.4. The minimum absolute atomic E-state index is 0.00862. The molecule has 2 aromatic rings. The van der Waals surface area contributed by atoms with Crippen molar-refractivity contribution in [2.75, 3.05) is 32.8 Å². The van der Waals surface area contributed by atoms with E-state index in [4.69, 9.17) is 25.8 Å². The van der Waals surface area contributed by atoms with Crippen LogP contribution in [0.5, 0.6) is 0 Å². The number of amides is 2. The van der Waals surface area contributed by atoms with Crippen molar-refractivity contribution in [3.8, 4) is 0 Å². The van der Waals surface area contributed by atoms with Crippen molar-refractivity contribution in [1.82, 2.24) is 10.2 Å². The normalized spacial score (nSPS) is 16.3. The zero-order valence-electron chi connectivity index (χ0n) is 24.0.